The average Bonchev–Trinajstić information content (AvgIpc) is 2.18. The number of hydrogen-bond acceptors (Lipinski definition) is 1. The van der Waals surface area contributed by atoms with Crippen LogP contribution in [0.25, 0.3) is 16.0 Å². The molecule has 0 heterocycles. The third-order valence-electron chi connectivity index (χ3n) is 0.612. The molecule has 5 heteroatoms. The quantitative estimate of drug-likeness (QED) is 0.566. The second-order valence-electron chi connectivity index (χ2n) is 2.56. The fraction of sp³-hybridized carbons (Fsp3) is 1.00. The molecule has 0 radical (unpaired) electrons. The van der Waals surface area contributed by atoms with Crippen molar-refractivity contribution in [3.8, 4) is 0 Å². The van der Waals surface area contributed by atoms with Gasteiger partial charge in [0.1, 0.15) is 0 Å². The van der Waals surface area contributed by atoms with Crippen molar-refractivity contribution in [2.24, 2.45) is 3.34 Å². The molecule has 0 aliphatic heterocycles. The molecule has 0 unspecified atom stereocenters. The second kappa shape index (κ2) is 47.2. The molecule has 0 aliphatic carbocycles. The van der Waals surface area contributed by atoms with E-state index in [1.807, 2.05) is 0 Å². The van der Waals surface area contributed by atoms with Crippen LogP contribution in [0.4, 0.5) is 0 Å². The Morgan fingerprint density at radius 1 is 0.867 bits per heavy atom. The summed E-state index contributed by atoms with van der Waals surface area (Å²) >= 11 is 1.56. The van der Waals surface area contributed by atoms with Gasteiger partial charge in [-0.2, -0.15) is 42.3 Å². The van der Waals surface area contributed by atoms with E-state index in [2.05, 4.69) is 26.2 Å². The molecular weight excluding hydrogens is 269 g/mol. The molecular formula is C10H27N4Nb-3. The monoisotopic (exact) mass is 296 g/mol. The molecule has 4 nitrogen and oxygen atoms in total. The van der Waals surface area contributed by atoms with E-state index in [0.717, 1.165) is 6.54 Å². The first-order chi connectivity index (χ1) is 7.16. The molecule has 0 atom stereocenters. The third-order valence-corrected chi connectivity index (χ3v) is 1.10. The van der Waals surface area contributed by atoms with Crippen molar-refractivity contribution in [2.45, 2.75) is 19.8 Å². The number of rotatable bonds is 3. The van der Waals surface area contributed by atoms with Crippen LogP contribution in [0.2, 0.25) is 0 Å². The van der Waals surface area contributed by atoms with Crippen molar-refractivity contribution in [3.63, 3.8) is 0 Å². The van der Waals surface area contributed by atoms with Crippen LogP contribution in [0.1, 0.15) is 19.8 Å². The van der Waals surface area contributed by atoms with E-state index >= 15 is 0 Å². The van der Waals surface area contributed by atoms with Crippen LogP contribution in [0.3, 0.4) is 0 Å². The van der Waals surface area contributed by atoms with E-state index in [0.29, 0.717) is 0 Å². The van der Waals surface area contributed by atoms with Gasteiger partial charge in [0.15, 0.2) is 0 Å². The minimum absolute atomic E-state index is 1.06. The summed E-state index contributed by atoms with van der Waals surface area (Å²) in [6, 6.07) is 0. The maximum Gasteiger partial charge on any atom is -0.162 e. The summed E-state index contributed by atoms with van der Waals surface area (Å²) in [6.45, 7) is 3.24. The smallest absolute Gasteiger partial charge is 0.162 e. The van der Waals surface area contributed by atoms with Gasteiger partial charge in [-0.15, -0.1) is 0 Å². The van der Waals surface area contributed by atoms with E-state index < -0.39 is 0 Å². The van der Waals surface area contributed by atoms with Gasteiger partial charge in [0.2, 0.25) is 0 Å². The Hall–Kier alpha value is 0.420. The van der Waals surface area contributed by atoms with Gasteiger partial charge in [-0.3, -0.25) is 0 Å². The van der Waals surface area contributed by atoms with Gasteiger partial charge < -0.3 is 16.0 Å². The Kier molecular flexibility index (Phi) is 77.3. The van der Waals surface area contributed by atoms with Crippen molar-refractivity contribution in [2.75, 3.05) is 48.8 Å². The van der Waals surface area contributed by atoms with Crippen LogP contribution < -0.4 is 0 Å². The molecule has 0 saturated carbocycles. The van der Waals surface area contributed by atoms with E-state index in [-0.39, 0.29) is 0 Å². The number of unbranched alkanes of at least 4 members (excludes halogenated alkanes) is 1. The van der Waals surface area contributed by atoms with Crippen LogP contribution in [0.5, 0.6) is 0 Å². The Labute approximate surface area is 109 Å². The predicted octanol–water partition coefficient (Wildman–Crippen LogP) is 3.38. The molecule has 0 saturated heterocycles. The van der Waals surface area contributed by atoms with Crippen molar-refractivity contribution < 1.29 is 20.9 Å². The Morgan fingerprint density at radius 3 is 1.20 bits per heavy atom. The van der Waals surface area contributed by atoms with Crippen molar-refractivity contribution in [3.05, 3.63) is 16.0 Å². The topological polar surface area (TPSA) is 54.7 Å². The average molecular weight is 296 g/mol. The molecule has 0 spiro atoms. The zero-order valence-corrected chi connectivity index (χ0v) is 13.6. The summed E-state index contributed by atoms with van der Waals surface area (Å²) in [7, 11) is 10.5. The number of nitrogens with zero attached hydrogens (tertiary/aromatic N) is 4. The van der Waals surface area contributed by atoms with Gasteiger partial charge in [-0.05, 0) is 0 Å². The van der Waals surface area contributed by atoms with Crippen LogP contribution in [-0.4, -0.2) is 48.8 Å². The normalized spacial score (nSPS) is 6.80. The van der Waals surface area contributed by atoms with Gasteiger partial charge >= 0.3 is 50.5 Å². The molecule has 0 bridgehead atoms. The van der Waals surface area contributed by atoms with Gasteiger partial charge in [-0.1, -0.05) is 0 Å². The summed E-state index contributed by atoms with van der Waals surface area (Å²) in [4.78, 5) is 0. The first kappa shape index (κ1) is 24.6. The Morgan fingerprint density at radius 2 is 1.13 bits per heavy atom. The molecule has 15 heavy (non-hydrogen) atoms. The second-order valence-corrected chi connectivity index (χ2v) is 3.26. The van der Waals surface area contributed by atoms with Gasteiger partial charge in [-0.25, -0.2) is 0 Å². The van der Waals surface area contributed by atoms with Crippen LogP contribution >= 0.6 is 0 Å². The van der Waals surface area contributed by atoms with Crippen LogP contribution in [0, 0.1) is 0 Å². The van der Waals surface area contributed by atoms with Crippen molar-refractivity contribution >= 4 is 0 Å². The summed E-state index contributed by atoms with van der Waals surface area (Å²) in [6.07, 6.45) is 2.53. The molecule has 0 aromatic carbocycles. The van der Waals surface area contributed by atoms with E-state index in [9.17, 15) is 0 Å². The molecule has 0 rings (SSSR count). The maximum atomic E-state index is 3.98. The third kappa shape index (κ3) is 190. The SMILES string of the molecule is CCCC[N]=[Nb].C[N-]C.C[N-]C.C[N-]C. The summed E-state index contributed by atoms with van der Waals surface area (Å²) in [5.41, 5.74) is 0. The first-order valence-electron chi connectivity index (χ1n) is 4.91. The molecule has 0 amide bonds. The largest absolute Gasteiger partial charge is 0.668 e. The molecule has 0 aliphatic rings. The standard InChI is InChI=1S/C4H9N.3C2H6N.Nb/c1-2-3-4-5;3*1-3-2;/h2-4H2,1H3;3*1-2H3;/q;3*-1;. The molecule has 0 aromatic heterocycles. The Balaban J connectivity index is -0.0000000581. The van der Waals surface area contributed by atoms with Gasteiger partial charge in [0, 0.05) is 0 Å². The van der Waals surface area contributed by atoms with Crippen LogP contribution in [0.15, 0.2) is 3.34 Å². The minimum Gasteiger partial charge on any atom is -0.668 e. The first-order valence-corrected chi connectivity index (χ1v) is 5.89. The van der Waals surface area contributed by atoms with E-state index in [4.69, 9.17) is 0 Å². The van der Waals surface area contributed by atoms with E-state index in [1.165, 1.54) is 12.8 Å². The fourth-order valence-electron chi connectivity index (χ4n) is 0.229. The summed E-state index contributed by atoms with van der Waals surface area (Å²) in [5, 5.41) is 10.5. The molecule has 0 N–H and O–H groups in total. The fourth-order valence-corrected chi connectivity index (χ4v) is 0.576. The zero-order chi connectivity index (χ0) is 12.9. The van der Waals surface area contributed by atoms with Gasteiger partial charge in [0.25, 0.3) is 0 Å². The van der Waals surface area contributed by atoms with Crippen molar-refractivity contribution in [1.82, 2.24) is 0 Å². The molecule has 95 valence electrons. The van der Waals surface area contributed by atoms with Crippen molar-refractivity contribution in [1.29, 1.82) is 0 Å². The summed E-state index contributed by atoms with van der Waals surface area (Å²) < 4.78 is 3.98. The zero-order valence-electron chi connectivity index (χ0n) is 11.4. The van der Waals surface area contributed by atoms with E-state index in [1.54, 1.807) is 63.2 Å². The molecule has 0 aromatic rings. The van der Waals surface area contributed by atoms with Crippen LogP contribution in [-0.2, 0) is 20.9 Å². The minimum atomic E-state index is 1.06. The molecule has 0 fully saturated rings. The summed E-state index contributed by atoms with van der Waals surface area (Å²) in [5.74, 6) is 0. The maximum absolute atomic E-state index is 3.98. The Bertz CT molecular complexity index is 67.7. The van der Waals surface area contributed by atoms with Gasteiger partial charge in [0.05, 0.1) is 0 Å². The predicted molar refractivity (Wildman–Crippen MR) is 67.8 cm³/mol. The number of hydrogen-bond donors (Lipinski definition) is 0.